The van der Waals surface area contributed by atoms with Crippen molar-refractivity contribution < 1.29 is 9.59 Å². The van der Waals surface area contributed by atoms with E-state index in [4.69, 9.17) is 0 Å². The SMILES string of the molecule is CC(=O)N/C=C\C(=O)c1ccccc1. The fourth-order valence-corrected chi connectivity index (χ4v) is 0.933. The zero-order valence-electron chi connectivity index (χ0n) is 7.86. The van der Waals surface area contributed by atoms with Crippen LogP contribution in [0.4, 0.5) is 0 Å². The van der Waals surface area contributed by atoms with Gasteiger partial charge in [-0.1, -0.05) is 30.3 Å². The molecule has 0 radical (unpaired) electrons. The summed E-state index contributed by atoms with van der Waals surface area (Å²) in [5.74, 6) is -0.318. The zero-order chi connectivity index (χ0) is 10.4. The second kappa shape index (κ2) is 4.97. The molecule has 1 aromatic rings. The molecular formula is C11H11NO2. The Morgan fingerprint density at radius 1 is 1.21 bits per heavy atom. The first-order valence-corrected chi connectivity index (χ1v) is 4.23. The Hall–Kier alpha value is -1.90. The number of nitrogens with one attached hydrogen (secondary N) is 1. The Morgan fingerprint density at radius 3 is 2.43 bits per heavy atom. The molecule has 0 fully saturated rings. The number of amides is 1. The monoisotopic (exact) mass is 189 g/mol. The van der Waals surface area contributed by atoms with Crippen LogP contribution >= 0.6 is 0 Å². The van der Waals surface area contributed by atoms with Gasteiger partial charge in [0.05, 0.1) is 0 Å². The maximum Gasteiger partial charge on any atom is 0.220 e. The van der Waals surface area contributed by atoms with Crippen LogP contribution in [0.25, 0.3) is 0 Å². The van der Waals surface area contributed by atoms with Crippen LogP contribution in [0.2, 0.25) is 0 Å². The maximum absolute atomic E-state index is 11.4. The molecule has 0 aliphatic carbocycles. The summed E-state index contributed by atoms with van der Waals surface area (Å²) in [7, 11) is 0. The molecule has 0 heterocycles. The van der Waals surface area contributed by atoms with Gasteiger partial charge >= 0.3 is 0 Å². The first kappa shape index (κ1) is 10.2. The topological polar surface area (TPSA) is 46.2 Å². The van der Waals surface area contributed by atoms with Crippen LogP contribution in [-0.2, 0) is 4.79 Å². The summed E-state index contributed by atoms with van der Waals surface area (Å²) in [5.41, 5.74) is 0.606. The van der Waals surface area contributed by atoms with Crippen molar-refractivity contribution in [2.24, 2.45) is 0 Å². The van der Waals surface area contributed by atoms with Crippen molar-refractivity contribution >= 4 is 11.7 Å². The van der Waals surface area contributed by atoms with Gasteiger partial charge in [-0.3, -0.25) is 9.59 Å². The van der Waals surface area contributed by atoms with Crippen LogP contribution < -0.4 is 5.32 Å². The van der Waals surface area contributed by atoms with Gasteiger partial charge in [0.2, 0.25) is 5.91 Å². The van der Waals surface area contributed by atoms with E-state index in [-0.39, 0.29) is 11.7 Å². The third-order valence-electron chi connectivity index (χ3n) is 1.58. The van der Waals surface area contributed by atoms with Gasteiger partial charge in [-0.2, -0.15) is 0 Å². The highest BCUT2D eigenvalue weighted by Gasteiger charge is 1.98. The number of carbonyl (C=O) groups is 2. The number of allylic oxidation sites excluding steroid dienone is 1. The minimum absolute atomic E-state index is 0.126. The second-order valence-corrected chi connectivity index (χ2v) is 2.76. The van der Waals surface area contributed by atoms with Crippen LogP contribution in [0.5, 0.6) is 0 Å². The van der Waals surface area contributed by atoms with Gasteiger partial charge in [0.1, 0.15) is 0 Å². The molecule has 14 heavy (non-hydrogen) atoms. The van der Waals surface area contributed by atoms with Crippen LogP contribution in [0.1, 0.15) is 17.3 Å². The van der Waals surface area contributed by atoms with E-state index in [0.717, 1.165) is 0 Å². The van der Waals surface area contributed by atoms with E-state index < -0.39 is 0 Å². The second-order valence-electron chi connectivity index (χ2n) is 2.76. The Bertz CT molecular complexity index is 355. The van der Waals surface area contributed by atoms with Gasteiger partial charge in [-0.15, -0.1) is 0 Å². The molecule has 1 aromatic carbocycles. The molecule has 0 aliphatic rings. The first-order chi connectivity index (χ1) is 6.70. The smallest absolute Gasteiger partial charge is 0.220 e. The third-order valence-corrected chi connectivity index (χ3v) is 1.58. The van der Waals surface area contributed by atoms with Crippen LogP contribution in [0, 0.1) is 0 Å². The van der Waals surface area contributed by atoms with E-state index in [1.165, 1.54) is 19.2 Å². The number of hydrogen-bond donors (Lipinski definition) is 1. The van der Waals surface area contributed by atoms with Gasteiger partial charge < -0.3 is 5.32 Å². The number of hydrogen-bond acceptors (Lipinski definition) is 2. The molecule has 72 valence electrons. The minimum atomic E-state index is -0.192. The molecule has 0 saturated heterocycles. The predicted octanol–water partition coefficient (Wildman–Crippen LogP) is 1.52. The molecule has 1 N–H and O–H groups in total. The van der Waals surface area contributed by atoms with Gasteiger partial charge in [0, 0.05) is 24.8 Å². The maximum atomic E-state index is 11.4. The number of ketones is 1. The quantitative estimate of drug-likeness (QED) is 0.578. The Balaban J connectivity index is 2.59. The average Bonchev–Trinajstić information content (AvgIpc) is 2.18. The number of benzene rings is 1. The molecule has 1 amide bonds. The number of rotatable bonds is 3. The molecule has 0 spiro atoms. The molecule has 3 heteroatoms. The summed E-state index contributed by atoms with van der Waals surface area (Å²) in [6, 6.07) is 8.87. The Kier molecular flexibility index (Phi) is 3.61. The lowest BCUT2D eigenvalue weighted by Gasteiger charge is -1.94. The van der Waals surface area contributed by atoms with Crippen LogP contribution in [-0.4, -0.2) is 11.7 Å². The summed E-state index contributed by atoms with van der Waals surface area (Å²) in [6.07, 6.45) is 2.68. The summed E-state index contributed by atoms with van der Waals surface area (Å²) in [4.78, 5) is 21.9. The highest BCUT2D eigenvalue weighted by Crippen LogP contribution is 1.99. The van der Waals surface area contributed by atoms with Gasteiger partial charge in [0.25, 0.3) is 0 Å². The highest BCUT2D eigenvalue weighted by molar-refractivity contribution is 6.04. The molecule has 3 nitrogen and oxygen atoms in total. The normalized spacial score (nSPS) is 10.1. The van der Waals surface area contributed by atoms with Crippen molar-refractivity contribution in [1.82, 2.24) is 5.32 Å². The van der Waals surface area contributed by atoms with Crippen LogP contribution in [0.3, 0.4) is 0 Å². The Morgan fingerprint density at radius 2 is 1.86 bits per heavy atom. The zero-order valence-corrected chi connectivity index (χ0v) is 7.86. The fraction of sp³-hybridized carbons (Fsp3) is 0.0909. The molecule has 1 rings (SSSR count). The van der Waals surface area contributed by atoms with Gasteiger partial charge in [-0.05, 0) is 0 Å². The first-order valence-electron chi connectivity index (χ1n) is 4.23. The molecule has 0 aromatic heterocycles. The summed E-state index contributed by atoms with van der Waals surface area (Å²) in [6.45, 7) is 1.39. The van der Waals surface area contributed by atoms with E-state index >= 15 is 0 Å². The fourth-order valence-electron chi connectivity index (χ4n) is 0.933. The summed E-state index contributed by atoms with van der Waals surface area (Å²) < 4.78 is 0. The molecule has 0 atom stereocenters. The lowest BCUT2D eigenvalue weighted by atomic mass is 10.1. The van der Waals surface area contributed by atoms with E-state index in [1.54, 1.807) is 24.3 Å². The van der Waals surface area contributed by atoms with Gasteiger partial charge in [-0.25, -0.2) is 0 Å². The van der Waals surface area contributed by atoms with Crippen molar-refractivity contribution in [1.29, 1.82) is 0 Å². The molecule has 0 bridgehead atoms. The highest BCUT2D eigenvalue weighted by atomic mass is 16.1. The van der Waals surface area contributed by atoms with E-state index in [0.29, 0.717) is 5.56 Å². The minimum Gasteiger partial charge on any atom is -0.333 e. The third kappa shape index (κ3) is 3.23. The molecular weight excluding hydrogens is 178 g/mol. The van der Waals surface area contributed by atoms with Crippen molar-refractivity contribution in [2.45, 2.75) is 6.92 Å². The van der Waals surface area contributed by atoms with Crippen molar-refractivity contribution in [3.8, 4) is 0 Å². The lowest BCUT2D eigenvalue weighted by molar-refractivity contribution is -0.118. The lowest BCUT2D eigenvalue weighted by Crippen LogP contribution is -2.12. The van der Waals surface area contributed by atoms with Crippen molar-refractivity contribution in [3.63, 3.8) is 0 Å². The van der Waals surface area contributed by atoms with E-state index in [1.807, 2.05) is 6.07 Å². The summed E-state index contributed by atoms with van der Waals surface area (Å²) in [5, 5.41) is 2.41. The van der Waals surface area contributed by atoms with Gasteiger partial charge in [0.15, 0.2) is 5.78 Å². The Labute approximate surface area is 82.4 Å². The van der Waals surface area contributed by atoms with E-state index in [9.17, 15) is 9.59 Å². The van der Waals surface area contributed by atoms with Crippen molar-refractivity contribution in [2.75, 3.05) is 0 Å². The molecule has 0 aliphatic heterocycles. The molecule has 0 saturated carbocycles. The largest absolute Gasteiger partial charge is 0.333 e. The molecule has 0 unspecified atom stereocenters. The predicted molar refractivity (Wildman–Crippen MR) is 53.7 cm³/mol. The van der Waals surface area contributed by atoms with Crippen LogP contribution in [0.15, 0.2) is 42.6 Å². The number of carbonyl (C=O) groups excluding carboxylic acids is 2. The standard InChI is InChI=1S/C11H11NO2/c1-9(13)12-8-7-11(14)10-5-3-2-4-6-10/h2-8H,1H3,(H,12,13)/b8-7-. The van der Waals surface area contributed by atoms with E-state index in [2.05, 4.69) is 5.32 Å². The average molecular weight is 189 g/mol. The summed E-state index contributed by atoms with van der Waals surface area (Å²) >= 11 is 0. The van der Waals surface area contributed by atoms with Crippen molar-refractivity contribution in [3.05, 3.63) is 48.2 Å².